The minimum Gasteiger partial charge on any atom is -0.340 e. The third-order valence-electron chi connectivity index (χ3n) is 5.41. The molecule has 1 N–H and O–H groups in total. The summed E-state index contributed by atoms with van der Waals surface area (Å²) in [6.45, 7) is 7.90. The zero-order chi connectivity index (χ0) is 18.6. The zero-order valence-corrected chi connectivity index (χ0v) is 15.8. The van der Waals surface area contributed by atoms with E-state index in [1.807, 2.05) is 15.8 Å². The Kier molecular flexibility index (Phi) is 5.49. The van der Waals surface area contributed by atoms with E-state index in [1.165, 1.54) is 12.1 Å². The molecule has 27 heavy (non-hydrogen) atoms. The first-order chi connectivity index (χ1) is 13.2. The van der Waals surface area contributed by atoms with Gasteiger partial charge in [0, 0.05) is 57.5 Å². The lowest BCUT2D eigenvalue weighted by molar-refractivity contribution is -0.133. The summed E-state index contributed by atoms with van der Waals surface area (Å²) in [5, 5.41) is 11.8. The van der Waals surface area contributed by atoms with Crippen molar-refractivity contribution in [1.29, 1.82) is 0 Å². The van der Waals surface area contributed by atoms with Gasteiger partial charge >= 0.3 is 0 Å². The van der Waals surface area contributed by atoms with Gasteiger partial charge in [0.15, 0.2) is 5.82 Å². The lowest BCUT2D eigenvalue weighted by Crippen LogP contribution is -2.49. The first kappa shape index (κ1) is 18.1. The molecule has 0 aromatic carbocycles. The molecule has 0 bridgehead atoms. The van der Waals surface area contributed by atoms with Crippen LogP contribution in [-0.4, -0.2) is 74.9 Å². The number of carbonyl (C=O) groups is 1. The highest BCUT2D eigenvalue weighted by Gasteiger charge is 2.24. The van der Waals surface area contributed by atoms with Crippen molar-refractivity contribution in [2.45, 2.75) is 38.8 Å². The molecule has 0 spiro atoms. The fourth-order valence-electron chi connectivity index (χ4n) is 3.92. The van der Waals surface area contributed by atoms with Crippen LogP contribution in [0.3, 0.4) is 0 Å². The van der Waals surface area contributed by atoms with Crippen LogP contribution in [0.5, 0.6) is 0 Å². The summed E-state index contributed by atoms with van der Waals surface area (Å²) in [6.07, 6.45) is 4.13. The van der Waals surface area contributed by atoms with Gasteiger partial charge in [-0.15, -0.1) is 0 Å². The minimum atomic E-state index is 0.138. The maximum absolute atomic E-state index is 12.8. The lowest BCUT2D eigenvalue weighted by Gasteiger charge is -2.34. The Hall–Kier alpha value is -2.26. The van der Waals surface area contributed by atoms with Gasteiger partial charge in [-0.2, -0.15) is 10.1 Å². The fraction of sp³-hybridized carbons (Fsp3) is 0.667. The molecule has 2 aliphatic rings. The smallest absolute Gasteiger partial charge is 0.244 e. The molecule has 4 heterocycles. The fourth-order valence-corrected chi connectivity index (χ4v) is 3.92. The molecule has 2 aromatic heterocycles. The quantitative estimate of drug-likeness (QED) is 0.810. The van der Waals surface area contributed by atoms with E-state index in [0.29, 0.717) is 30.7 Å². The van der Waals surface area contributed by atoms with E-state index in [-0.39, 0.29) is 5.91 Å². The molecular formula is C18H27N7O2. The van der Waals surface area contributed by atoms with Crippen molar-refractivity contribution < 1.29 is 9.32 Å². The maximum atomic E-state index is 12.8. The standard InChI is InChI=1S/C18H27N7O2/c1-14-21-17(22-27-14)12-23-7-9-24(10-8-23)18(26)13-25-16(4-6-20-25)15-3-2-5-19-11-15/h4,6,15,19H,2-3,5,7-13H2,1H3. The van der Waals surface area contributed by atoms with E-state index in [4.69, 9.17) is 4.52 Å². The zero-order valence-electron chi connectivity index (χ0n) is 15.8. The Morgan fingerprint density at radius 2 is 2.19 bits per heavy atom. The van der Waals surface area contributed by atoms with Crippen LogP contribution in [0.1, 0.15) is 36.2 Å². The number of nitrogens with zero attached hydrogens (tertiary/aromatic N) is 6. The molecule has 1 unspecified atom stereocenters. The number of amides is 1. The van der Waals surface area contributed by atoms with Gasteiger partial charge in [0.2, 0.25) is 11.8 Å². The average Bonchev–Trinajstić information content (AvgIpc) is 3.32. The van der Waals surface area contributed by atoms with Gasteiger partial charge in [0.05, 0.1) is 6.54 Å². The van der Waals surface area contributed by atoms with Crippen LogP contribution < -0.4 is 5.32 Å². The molecule has 9 heteroatoms. The summed E-state index contributed by atoms with van der Waals surface area (Å²) >= 11 is 0. The Morgan fingerprint density at radius 1 is 1.33 bits per heavy atom. The van der Waals surface area contributed by atoms with Crippen LogP contribution in [0.2, 0.25) is 0 Å². The molecule has 9 nitrogen and oxygen atoms in total. The summed E-state index contributed by atoms with van der Waals surface area (Å²) in [4.78, 5) is 21.2. The Balaban J connectivity index is 1.29. The number of aryl methyl sites for hydroxylation is 1. The number of hydrogen-bond donors (Lipinski definition) is 1. The predicted octanol–water partition coefficient (Wildman–Crippen LogP) is 0.386. The predicted molar refractivity (Wildman–Crippen MR) is 98.0 cm³/mol. The third-order valence-corrected chi connectivity index (χ3v) is 5.41. The number of nitrogens with one attached hydrogen (secondary N) is 1. The van der Waals surface area contributed by atoms with E-state index >= 15 is 0 Å². The molecule has 0 aliphatic carbocycles. The highest BCUT2D eigenvalue weighted by atomic mass is 16.5. The monoisotopic (exact) mass is 373 g/mol. The first-order valence-electron chi connectivity index (χ1n) is 9.71. The van der Waals surface area contributed by atoms with Crippen LogP contribution in [0.25, 0.3) is 0 Å². The summed E-state index contributed by atoms with van der Waals surface area (Å²) in [7, 11) is 0. The molecule has 1 amide bonds. The van der Waals surface area contributed by atoms with Crippen molar-refractivity contribution in [1.82, 2.24) is 35.0 Å². The van der Waals surface area contributed by atoms with E-state index in [1.54, 1.807) is 6.92 Å². The van der Waals surface area contributed by atoms with E-state index < -0.39 is 0 Å². The van der Waals surface area contributed by atoms with Crippen molar-refractivity contribution in [2.24, 2.45) is 0 Å². The normalized spacial score (nSPS) is 21.5. The maximum Gasteiger partial charge on any atom is 0.244 e. The third kappa shape index (κ3) is 4.36. The SMILES string of the molecule is Cc1nc(CN2CCN(C(=O)Cn3nccc3C3CCCNC3)CC2)no1. The molecule has 1 atom stereocenters. The molecule has 2 aromatic rings. The second-order valence-corrected chi connectivity index (χ2v) is 7.34. The molecule has 0 radical (unpaired) electrons. The van der Waals surface area contributed by atoms with Crippen molar-refractivity contribution >= 4 is 5.91 Å². The van der Waals surface area contributed by atoms with Crippen LogP contribution in [0, 0.1) is 6.92 Å². The van der Waals surface area contributed by atoms with Crippen LogP contribution in [-0.2, 0) is 17.9 Å². The van der Waals surface area contributed by atoms with E-state index in [0.717, 1.165) is 45.7 Å². The van der Waals surface area contributed by atoms with Gasteiger partial charge in [-0.25, -0.2) is 0 Å². The Labute approximate surface area is 158 Å². The number of rotatable bonds is 5. The summed E-state index contributed by atoms with van der Waals surface area (Å²) in [6, 6.07) is 2.05. The van der Waals surface area contributed by atoms with E-state index in [2.05, 4.69) is 31.5 Å². The van der Waals surface area contributed by atoms with Crippen molar-refractivity contribution in [3.8, 4) is 0 Å². The second-order valence-electron chi connectivity index (χ2n) is 7.34. The van der Waals surface area contributed by atoms with Crippen molar-refractivity contribution in [3.63, 3.8) is 0 Å². The Morgan fingerprint density at radius 3 is 2.89 bits per heavy atom. The average molecular weight is 373 g/mol. The molecule has 0 saturated carbocycles. The van der Waals surface area contributed by atoms with Gasteiger partial charge in [-0.3, -0.25) is 14.4 Å². The Bertz CT molecular complexity index is 757. The van der Waals surface area contributed by atoms with Crippen molar-refractivity contribution in [3.05, 3.63) is 29.7 Å². The number of piperazine rings is 1. The van der Waals surface area contributed by atoms with Crippen LogP contribution in [0.15, 0.2) is 16.8 Å². The summed E-state index contributed by atoms with van der Waals surface area (Å²) < 4.78 is 6.90. The highest BCUT2D eigenvalue weighted by molar-refractivity contribution is 5.76. The summed E-state index contributed by atoms with van der Waals surface area (Å²) in [5.74, 6) is 1.87. The molecule has 2 saturated heterocycles. The number of hydrogen-bond acceptors (Lipinski definition) is 7. The molecule has 4 rings (SSSR count). The van der Waals surface area contributed by atoms with Crippen LogP contribution >= 0.6 is 0 Å². The van der Waals surface area contributed by atoms with Gasteiger partial charge in [-0.05, 0) is 25.5 Å². The largest absolute Gasteiger partial charge is 0.340 e. The van der Waals surface area contributed by atoms with Crippen LogP contribution in [0.4, 0.5) is 0 Å². The second kappa shape index (κ2) is 8.18. The van der Waals surface area contributed by atoms with Gasteiger partial charge in [-0.1, -0.05) is 5.16 Å². The number of piperidine rings is 1. The van der Waals surface area contributed by atoms with E-state index in [9.17, 15) is 4.79 Å². The topological polar surface area (TPSA) is 92.3 Å². The number of aromatic nitrogens is 4. The summed E-state index contributed by atoms with van der Waals surface area (Å²) in [5.41, 5.74) is 1.17. The van der Waals surface area contributed by atoms with Gasteiger partial charge < -0.3 is 14.7 Å². The van der Waals surface area contributed by atoms with Gasteiger partial charge in [0.25, 0.3) is 0 Å². The molecular weight excluding hydrogens is 346 g/mol. The highest BCUT2D eigenvalue weighted by Crippen LogP contribution is 2.23. The molecule has 2 aliphatic heterocycles. The molecule has 2 fully saturated rings. The first-order valence-corrected chi connectivity index (χ1v) is 9.71. The number of carbonyl (C=O) groups excluding carboxylic acids is 1. The molecule has 146 valence electrons. The van der Waals surface area contributed by atoms with Gasteiger partial charge in [0.1, 0.15) is 6.54 Å². The lowest BCUT2D eigenvalue weighted by atomic mass is 9.96. The van der Waals surface area contributed by atoms with Crippen molar-refractivity contribution in [2.75, 3.05) is 39.3 Å². The minimum absolute atomic E-state index is 0.138.